The van der Waals surface area contributed by atoms with E-state index in [9.17, 15) is 0 Å². The van der Waals surface area contributed by atoms with E-state index in [4.69, 9.17) is 0 Å². The Kier molecular flexibility index (Phi) is 2.12. The molecule has 1 heteroatoms. The van der Waals surface area contributed by atoms with Gasteiger partial charge in [-0.3, -0.25) is 0 Å². The molecule has 0 atom stereocenters. The maximum absolute atomic E-state index is 4.08. The fourth-order valence-corrected chi connectivity index (χ4v) is 2.34. The normalized spacial score (nSPS) is 25.5. The van der Waals surface area contributed by atoms with E-state index >= 15 is 0 Å². The van der Waals surface area contributed by atoms with Crippen LogP contribution in [-0.4, -0.2) is 13.1 Å². The third-order valence-electron chi connectivity index (χ3n) is 3.33. The number of rotatable bonds is 3. The topological polar surface area (TPSA) is 12.0 Å². The van der Waals surface area contributed by atoms with E-state index in [1.807, 2.05) is 12.2 Å². The van der Waals surface area contributed by atoms with Crippen LogP contribution in [0.15, 0.2) is 37.0 Å². The highest BCUT2D eigenvalue weighted by Gasteiger charge is 2.48. The molecule has 2 aliphatic rings. The second-order valence-corrected chi connectivity index (χ2v) is 4.38. The van der Waals surface area contributed by atoms with Gasteiger partial charge >= 0.3 is 0 Å². The van der Waals surface area contributed by atoms with Gasteiger partial charge in [-0.05, 0) is 24.2 Å². The van der Waals surface area contributed by atoms with Crippen molar-refractivity contribution >= 4 is 0 Å². The van der Waals surface area contributed by atoms with Crippen molar-refractivity contribution < 1.29 is 0 Å². The van der Waals surface area contributed by atoms with Gasteiger partial charge in [0, 0.05) is 13.1 Å². The monoisotopic (exact) mass is 175 g/mol. The first-order valence-electron chi connectivity index (χ1n) is 4.94. The largest absolute Gasteiger partial charge is 0.316 e. The molecule has 1 aliphatic carbocycles. The summed E-state index contributed by atoms with van der Waals surface area (Å²) >= 11 is 0. The van der Waals surface area contributed by atoms with Crippen molar-refractivity contribution in [3.63, 3.8) is 0 Å². The summed E-state index contributed by atoms with van der Waals surface area (Å²) in [5, 5.41) is 3.34. The summed E-state index contributed by atoms with van der Waals surface area (Å²) in [6.45, 7) is 10.2. The Balaban J connectivity index is 1.82. The quantitative estimate of drug-likeness (QED) is 0.649. The summed E-state index contributed by atoms with van der Waals surface area (Å²) < 4.78 is 0. The van der Waals surface area contributed by atoms with E-state index in [1.54, 1.807) is 0 Å². The molecule has 2 fully saturated rings. The molecule has 70 valence electrons. The van der Waals surface area contributed by atoms with Crippen LogP contribution in [-0.2, 0) is 0 Å². The number of hydrogen-bond donors (Lipinski definition) is 1. The first-order chi connectivity index (χ1) is 6.26. The second kappa shape index (κ2) is 3.15. The molecule has 1 heterocycles. The van der Waals surface area contributed by atoms with Crippen LogP contribution >= 0.6 is 0 Å². The van der Waals surface area contributed by atoms with Crippen molar-refractivity contribution in [2.24, 2.45) is 11.3 Å². The average molecular weight is 175 g/mol. The lowest BCUT2D eigenvalue weighted by Crippen LogP contribution is -2.60. The maximum atomic E-state index is 4.08. The van der Waals surface area contributed by atoms with Gasteiger partial charge in [0.15, 0.2) is 0 Å². The first kappa shape index (κ1) is 8.76. The summed E-state index contributed by atoms with van der Waals surface area (Å²) in [6.07, 6.45) is 8.55. The molecule has 1 aliphatic heterocycles. The Hall–Kier alpha value is -0.820. The minimum atomic E-state index is 0.662. The molecule has 1 saturated heterocycles. The molecule has 0 radical (unpaired) electrons. The van der Waals surface area contributed by atoms with Gasteiger partial charge in [-0.2, -0.15) is 0 Å². The Bertz CT molecular complexity index is 250. The lowest BCUT2D eigenvalue weighted by molar-refractivity contribution is 0.0190. The van der Waals surface area contributed by atoms with Crippen molar-refractivity contribution in [2.45, 2.75) is 12.8 Å². The lowest BCUT2D eigenvalue weighted by Gasteiger charge is -2.54. The minimum Gasteiger partial charge on any atom is -0.316 e. The van der Waals surface area contributed by atoms with Gasteiger partial charge in [-0.1, -0.05) is 37.0 Å². The Morgan fingerprint density at radius 2 is 2.08 bits per heavy atom. The molecule has 1 nitrogen and oxygen atoms in total. The van der Waals surface area contributed by atoms with Crippen molar-refractivity contribution in [1.29, 1.82) is 0 Å². The maximum Gasteiger partial charge on any atom is 0.00207 e. The predicted molar refractivity (Wildman–Crippen MR) is 56.5 cm³/mol. The molecule has 2 rings (SSSR count). The van der Waals surface area contributed by atoms with Gasteiger partial charge in [0.1, 0.15) is 0 Å². The third-order valence-corrected chi connectivity index (χ3v) is 3.33. The highest BCUT2D eigenvalue weighted by atomic mass is 15.0. The van der Waals surface area contributed by atoms with Crippen LogP contribution in [0.2, 0.25) is 0 Å². The molecule has 0 aromatic rings. The predicted octanol–water partition coefficient (Wildman–Crippen LogP) is 2.28. The zero-order valence-electron chi connectivity index (χ0n) is 8.05. The highest BCUT2D eigenvalue weighted by Crippen LogP contribution is 2.51. The molecule has 0 bridgehead atoms. The van der Waals surface area contributed by atoms with Crippen LogP contribution in [0.25, 0.3) is 0 Å². The van der Waals surface area contributed by atoms with Gasteiger partial charge in [0.25, 0.3) is 0 Å². The zero-order chi connectivity index (χ0) is 9.31. The van der Waals surface area contributed by atoms with E-state index in [1.165, 1.54) is 31.5 Å². The van der Waals surface area contributed by atoms with Gasteiger partial charge < -0.3 is 5.32 Å². The van der Waals surface area contributed by atoms with Gasteiger partial charge in [0.2, 0.25) is 0 Å². The molecule has 0 aromatic heterocycles. The number of hydrogen-bond acceptors (Lipinski definition) is 1. The van der Waals surface area contributed by atoms with Crippen molar-refractivity contribution in [2.75, 3.05) is 13.1 Å². The molecular formula is C12H17N. The molecule has 0 amide bonds. The molecule has 1 N–H and O–H groups in total. The van der Waals surface area contributed by atoms with Gasteiger partial charge in [-0.15, -0.1) is 0 Å². The fraction of sp³-hybridized carbons (Fsp3) is 0.500. The molecular weight excluding hydrogens is 158 g/mol. The van der Waals surface area contributed by atoms with Gasteiger partial charge in [-0.25, -0.2) is 0 Å². The van der Waals surface area contributed by atoms with Crippen LogP contribution < -0.4 is 5.32 Å². The van der Waals surface area contributed by atoms with Crippen LogP contribution in [0, 0.1) is 11.3 Å². The molecule has 0 aromatic carbocycles. The minimum absolute atomic E-state index is 0.662. The highest BCUT2D eigenvalue weighted by molar-refractivity contribution is 5.25. The SMILES string of the molecule is C=C/C=C\C(=C)C1CC2(CNC2)C1. The number of allylic oxidation sites excluding steroid dienone is 4. The Labute approximate surface area is 80.2 Å². The third kappa shape index (κ3) is 1.49. The van der Waals surface area contributed by atoms with Crippen molar-refractivity contribution in [3.05, 3.63) is 37.0 Å². The molecule has 1 spiro atoms. The van der Waals surface area contributed by atoms with E-state index in [-0.39, 0.29) is 0 Å². The van der Waals surface area contributed by atoms with E-state index in [0.717, 1.165) is 5.92 Å². The Morgan fingerprint density at radius 3 is 2.54 bits per heavy atom. The lowest BCUT2D eigenvalue weighted by atomic mass is 9.57. The van der Waals surface area contributed by atoms with Crippen LogP contribution in [0.5, 0.6) is 0 Å². The first-order valence-corrected chi connectivity index (χ1v) is 4.94. The molecule has 0 unspecified atom stereocenters. The molecule has 1 saturated carbocycles. The van der Waals surface area contributed by atoms with Crippen LogP contribution in [0.4, 0.5) is 0 Å². The molecule has 13 heavy (non-hydrogen) atoms. The Morgan fingerprint density at radius 1 is 1.38 bits per heavy atom. The standard InChI is InChI=1S/C12H17N/c1-3-4-5-10(2)11-6-12(7-11)8-13-9-12/h3-5,11,13H,1-2,6-9H2/b5-4-. The summed E-state index contributed by atoms with van der Waals surface area (Å²) in [7, 11) is 0. The fourth-order valence-electron chi connectivity index (χ4n) is 2.34. The summed E-state index contributed by atoms with van der Waals surface area (Å²) in [6, 6.07) is 0. The zero-order valence-corrected chi connectivity index (χ0v) is 8.05. The number of nitrogens with one attached hydrogen (secondary N) is 1. The van der Waals surface area contributed by atoms with Crippen LogP contribution in [0.3, 0.4) is 0 Å². The van der Waals surface area contributed by atoms with E-state index in [2.05, 4.69) is 24.6 Å². The summed E-state index contributed by atoms with van der Waals surface area (Å²) in [4.78, 5) is 0. The van der Waals surface area contributed by atoms with E-state index < -0.39 is 0 Å². The second-order valence-electron chi connectivity index (χ2n) is 4.38. The summed E-state index contributed by atoms with van der Waals surface area (Å²) in [5.74, 6) is 0.735. The average Bonchev–Trinajstić information content (AvgIpc) is 1.95. The van der Waals surface area contributed by atoms with Crippen LogP contribution in [0.1, 0.15) is 12.8 Å². The van der Waals surface area contributed by atoms with E-state index in [0.29, 0.717) is 5.41 Å². The van der Waals surface area contributed by atoms with Gasteiger partial charge in [0.05, 0.1) is 0 Å². The summed E-state index contributed by atoms with van der Waals surface area (Å²) in [5.41, 5.74) is 1.94. The smallest absolute Gasteiger partial charge is 0.00207 e. The van der Waals surface area contributed by atoms with Crippen molar-refractivity contribution in [3.8, 4) is 0 Å². The van der Waals surface area contributed by atoms with Crippen molar-refractivity contribution in [1.82, 2.24) is 5.32 Å².